The van der Waals surface area contributed by atoms with Crippen LogP contribution in [-0.4, -0.2) is 27.5 Å². The van der Waals surface area contributed by atoms with Crippen LogP contribution in [0.1, 0.15) is 25.2 Å². The molecule has 0 bridgehead atoms. The summed E-state index contributed by atoms with van der Waals surface area (Å²) in [4.78, 5) is 0. The summed E-state index contributed by atoms with van der Waals surface area (Å²) in [7, 11) is 1.90. The van der Waals surface area contributed by atoms with Gasteiger partial charge in [-0.3, -0.25) is 0 Å². The highest BCUT2D eigenvalue weighted by atomic mass is 16.5. The Morgan fingerprint density at radius 1 is 1.71 bits per heavy atom. The van der Waals surface area contributed by atoms with Crippen LogP contribution in [0, 0.1) is 5.92 Å². The molecule has 0 aromatic carbocycles. The molecule has 1 aromatic rings. The van der Waals surface area contributed by atoms with Gasteiger partial charge in [0.2, 0.25) is 0 Å². The van der Waals surface area contributed by atoms with E-state index in [1.807, 2.05) is 11.6 Å². The zero-order chi connectivity index (χ0) is 10.1. The number of hydrogen-bond acceptors (Lipinski definition) is 4. The number of hydrogen-bond donors (Lipinski definition) is 1. The van der Waals surface area contributed by atoms with Crippen molar-refractivity contribution in [3.8, 4) is 0 Å². The maximum Gasteiger partial charge on any atom is 0.152 e. The summed E-state index contributed by atoms with van der Waals surface area (Å²) in [5.41, 5.74) is 6.09. The van der Waals surface area contributed by atoms with Gasteiger partial charge < -0.3 is 15.0 Å². The van der Waals surface area contributed by atoms with Crippen LogP contribution < -0.4 is 5.73 Å². The van der Waals surface area contributed by atoms with E-state index in [2.05, 4.69) is 17.1 Å². The van der Waals surface area contributed by atoms with Crippen molar-refractivity contribution in [2.75, 3.05) is 6.61 Å². The van der Waals surface area contributed by atoms with Crippen molar-refractivity contribution in [3.63, 3.8) is 0 Å². The van der Waals surface area contributed by atoms with Crippen molar-refractivity contribution in [2.45, 2.75) is 25.5 Å². The number of aryl methyl sites for hydroxylation is 1. The molecule has 1 saturated heterocycles. The van der Waals surface area contributed by atoms with Crippen LogP contribution in [0.15, 0.2) is 6.33 Å². The van der Waals surface area contributed by atoms with Crippen LogP contribution in [0.2, 0.25) is 0 Å². The lowest BCUT2D eigenvalue weighted by molar-refractivity contribution is 0.0693. The molecule has 1 aromatic heterocycles. The second-order valence-electron chi connectivity index (χ2n) is 3.93. The molecule has 1 fully saturated rings. The topological polar surface area (TPSA) is 66.0 Å². The monoisotopic (exact) mass is 196 g/mol. The van der Waals surface area contributed by atoms with Crippen molar-refractivity contribution >= 4 is 0 Å². The average molecular weight is 196 g/mol. The highest BCUT2D eigenvalue weighted by Crippen LogP contribution is 2.28. The Balaban J connectivity index is 2.15. The zero-order valence-corrected chi connectivity index (χ0v) is 8.55. The Morgan fingerprint density at radius 3 is 3.00 bits per heavy atom. The molecular weight excluding hydrogens is 180 g/mol. The standard InChI is InChI=1S/C9H16N4O/c1-6-3-4-14-8(6)7(10)9-12-11-5-13(9)2/h5-8H,3-4,10H2,1-2H3. The molecule has 1 aliphatic heterocycles. The number of ether oxygens (including phenoxy) is 1. The first-order chi connectivity index (χ1) is 6.70. The van der Waals surface area contributed by atoms with Crippen LogP contribution >= 0.6 is 0 Å². The third kappa shape index (κ3) is 1.53. The van der Waals surface area contributed by atoms with Crippen molar-refractivity contribution in [2.24, 2.45) is 18.7 Å². The molecule has 1 aliphatic rings. The minimum atomic E-state index is -0.167. The quantitative estimate of drug-likeness (QED) is 0.735. The summed E-state index contributed by atoms with van der Waals surface area (Å²) in [6, 6.07) is -0.167. The molecule has 2 N–H and O–H groups in total. The van der Waals surface area contributed by atoms with Crippen molar-refractivity contribution in [1.82, 2.24) is 14.8 Å². The van der Waals surface area contributed by atoms with Gasteiger partial charge in [-0.1, -0.05) is 6.92 Å². The van der Waals surface area contributed by atoms with Gasteiger partial charge in [0.25, 0.3) is 0 Å². The van der Waals surface area contributed by atoms with Gasteiger partial charge in [0, 0.05) is 13.7 Å². The number of aromatic nitrogens is 3. The zero-order valence-electron chi connectivity index (χ0n) is 8.55. The summed E-state index contributed by atoms with van der Waals surface area (Å²) in [6.07, 6.45) is 2.82. The van der Waals surface area contributed by atoms with Crippen LogP contribution in [0.5, 0.6) is 0 Å². The number of rotatable bonds is 2. The first-order valence-corrected chi connectivity index (χ1v) is 4.91. The van der Waals surface area contributed by atoms with E-state index in [9.17, 15) is 0 Å². The lowest BCUT2D eigenvalue weighted by Gasteiger charge is -2.21. The van der Waals surface area contributed by atoms with E-state index in [0.717, 1.165) is 18.9 Å². The molecule has 0 radical (unpaired) electrons. The number of nitrogens with two attached hydrogens (primary N) is 1. The van der Waals surface area contributed by atoms with Crippen LogP contribution in [0.4, 0.5) is 0 Å². The molecule has 2 heterocycles. The predicted molar refractivity (Wildman–Crippen MR) is 51.5 cm³/mol. The van der Waals surface area contributed by atoms with E-state index in [1.54, 1.807) is 6.33 Å². The Morgan fingerprint density at radius 2 is 2.50 bits per heavy atom. The van der Waals surface area contributed by atoms with Crippen LogP contribution in [0.3, 0.4) is 0 Å². The molecule has 0 spiro atoms. The molecule has 3 atom stereocenters. The molecule has 14 heavy (non-hydrogen) atoms. The molecule has 5 nitrogen and oxygen atoms in total. The molecule has 2 rings (SSSR count). The highest BCUT2D eigenvalue weighted by Gasteiger charge is 2.32. The second-order valence-corrected chi connectivity index (χ2v) is 3.93. The summed E-state index contributed by atoms with van der Waals surface area (Å²) in [6.45, 7) is 2.96. The largest absolute Gasteiger partial charge is 0.376 e. The van der Waals surface area contributed by atoms with Crippen LogP contribution in [-0.2, 0) is 11.8 Å². The van der Waals surface area contributed by atoms with Gasteiger partial charge in [-0.25, -0.2) is 0 Å². The van der Waals surface area contributed by atoms with E-state index in [1.165, 1.54) is 0 Å². The SMILES string of the molecule is CC1CCOC1C(N)c1nncn1C. The van der Waals surface area contributed by atoms with Crippen LogP contribution in [0.25, 0.3) is 0 Å². The Labute approximate surface area is 83.3 Å². The summed E-state index contributed by atoms with van der Waals surface area (Å²) >= 11 is 0. The average Bonchev–Trinajstić information content (AvgIpc) is 2.73. The van der Waals surface area contributed by atoms with E-state index >= 15 is 0 Å². The first-order valence-electron chi connectivity index (χ1n) is 4.91. The fraction of sp³-hybridized carbons (Fsp3) is 0.778. The fourth-order valence-electron chi connectivity index (χ4n) is 1.92. The minimum Gasteiger partial charge on any atom is -0.376 e. The van der Waals surface area contributed by atoms with E-state index < -0.39 is 0 Å². The van der Waals surface area contributed by atoms with Gasteiger partial charge in [-0.2, -0.15) is 0 Å². The van der Waals surface area contributed by atoms with Crippen molar-refractivity contribution in [3.05, 3.63) is 12.2 Å². The molecule has 78 valence electrons. The lowest BCUT2D eigenvalue weighted by atomic mass is 9.98. The van der Waals surface area contributed by atoms with Gasteiger partial charge >= 0.3 is 0 Å². The Bertz CT molecular complexity index is 312. The van der Waals surface area contributed by atoms with Gasteiger partial charge in [-0.15, -0.1) is 10.2 Å². The third-order valence-electron chi connectivity index (χ3n) is 2.84. The van der Waals surface area contributed by atoms with Gasteiger partial charge in [0.15, 0.2) is 5.82 Å². The van der Waals surface area contributed by atoms with Crippen molar-refractivity contribution in [1.29, 1.82) is 0 Å². The molecule has 5 heteroatoms. The van der Waals surface area contributed by atoms with Gasteiger partial charge in [0.05, 0.1) is 12.1 Å². The number of nitrogens with zero attached hydrogens (tertiary/aromatic N) is 3. The smallest absolute Gasteiger partial charge is 0.152 e. The first kappa shape index (κ1) is 9.61. The van der Waals surface area contributed by atoms with Crippen molar-refractivity contribution < 1.29 is 4.74 Å². The Kier molecular flexibility index (Phi) is 2.52. The fourth-order valence-corrected chi connectivity index (χ4v) is 1.92. The maximum absolute atomic E-state index is 6.09. The highest BCUT2D eigenvalue weighted by molar-refractivity contribution is 4.99. The third-order valence-corrected chi connectivity index (χ3v) is 2.84. The minimum absolute atomic E-state index is 0.0814. The van der Waals surface area contributed by atoms with E-state index in [4.69, 9.17) is 10.5 Å². The summed E-state index contributed by atoms with van der Waals surface area (Å²) in [5.74, 6) is 1.30. The molecular formula is C9H16N4O. The van der Waals surface area contributed by atoms with E-state index in [0.29, 0.717) is 5.92 Å². The maximum atomic E-state index is 6.09. The van der Waals surface area contributed by atoms with Gasteiger partial charge in [-0.05, 0) is 12.3 Å². The summed E-state index contributed by atoms with van der Waals surface area (Å²) in [5, 5.41) is 7.82. The normalized spacial score (nSPS) is 29.4. The lowest BCUT2D eigenvalue weighted by Crippen LogP contribution is -2.31. The molecule has 0 aliphatic carbocycles. The molecule has 0 saturated carbocycles. The second kappa shape index (κ2) is 3.67. The molecule has 3 unspecified atom stereocenters. The van der Waals surface area contributed by atoms with E-state index in [-0.39, 0.29) is 12.1 Å². The predicted octanol–water partition coefficient (Wildman–Crippen LogP) is 0.240. The Hall–Kier alpha value is -0.940. The van der Waals surface area contributed by atoms with Gasteiger partial charge in [0.1, 0.15) is 6.33 Å². The molecule has 0 amide bonds. The summed E-state index contributed by atoms with van der Waals surface area (Å²) < 4.78 is 7.45.